The first kappa shape index (κ1) is 26.0. The minimum absolute atomic E-state index is 0. The molecule has 0 saturated carbocycles. The number of anilines is 1. The number of ether oxygens (including phenoxy) is 2. The minimum Gasteiger partial charge on any atom is -0.497 e. The Hall–Kier alpha value is -2.29. The molecule has 1 amide bonds. The van der Waals surface area contributed by atoms with Crippen LogP contribution >= 0.6 is 12.4 Å². The summed E-state index contributed by atoms with van der Waals surface area (Å²) in [6.45, 7) is 3.32. The van der Waals surface area contributed by atoms with Gasteiger partial charge >= 0.3 is 0 Å². The zero-order chi connectivity index (χ0) is 22.6. The highest BCUT2D eigenvalue weighted by molar-refractivity contribution is 5.96. The van der Waals surface area contributed by atoms with Crippen LogP contribution in [0.15, 0.2) is 36.4 Å². The number of hydrogen-bond acceptors (Lipinski definition) is 4. The Kier molecular flexibility index (Phi) is 8.95. The Bertz CT molecular complexity index is 941. The quantitative estimate of drug-likeness (QED) is 0.587. The molecule has 9 heteroatoms. The largest absolute Gasteiger partial charge is 0.497 e. The van der Waals surface area contributed by atoms with E-state index in [1.54, 1.807) is 39.2 Å². The second-order valence-corrected chi connectivity index (χ2v) is 8.18. The zero-order valence-electron chi connectivity index (χ0n) is 18.2. The summed E-state index contributed by atoms with van der Waals surface area (Å²) in [7, 11) is 1.59. The molecule has 0 fully saturated rings. The molecule has 2 aromatic carbocycles. The van der Waals surface area contributed by atoms with E-state index in [0.29, 0.717) is 17.8 Å². The Labute approximate surface area is 192 Å². The molecule has 3 rings (SSSR count). The molecule has 1 heterocycles. The first-order chi connectivity index (χ1) is 14.7. The van der Waals surface area contributed by atoms with Crippen LogP contribution in [0.4, 0.5) is 18.9 Å². The van der Waals surface area contributed by atoms with Crippen LogP contribution in [-0.4, -0.2) is 39.2 Å². The molecule has 2 aromatic rings. The fourth-order valence-electron chi connectivity index (χ4n) is 3.74. The molecular formula is C23H28ClF3N2O3. The summed E-state index contributed by atoms with van der Waals surface area (Å²) in [5.41, 5.74) is 1.74. The van der Waals surface area contributed by atoms with E-state index in [-0.39, 0.29) is 24.9 Å². The summed E-state index contributed by atoms with van der Waals surface area (Å²) in [6, 6.07) is 9.40. The number of halogens is 4. The lowest BCUT2D eigenvalue weighted by molar-refractivity contribution is -0.118. The van der Waals surface area contributed by atoms with Crippen molar-refractivity contribution < 1.29 is 27.4 Å². The van der Waals surface area contributed by atoms with Crippen molar-refractivity contribution in [1.29, 1.82) is 0 Å². The normalized spacial score (nSPS) is 15.7. The van der Waals surface area contributed by atoms with Crippen LogP contribution in [0.25, 0.3) is 0 Å². The molecule has 0 radical (unpaired) electrons. The molecule has 0 spiro atoms. The van der Waals surface area contributed by atoms with Gasteiger partial charge in [0.05, 0.1) is 13.7 Å². The van der Waals surface area contributed by atoms with Gasteiger partial charge in [-0.25, -0.2) is 13.2 Å². The number of methoxy groups -OCH3 is 1. The van der Waals surface area contributed by atoms with Gasteiger partial charge in [-0.05, 0) is 47.4 Å². The molecule has 0 aromatic heterocycles. The topological polar surface area (TPSA) is 59.6 Å². The van der Waals surface area contributed by atoms with Crippen LogP contribution in [0.3, 0.4) is 0 Å². The Morgan fingerprint density at radius 3 is 2.66 bits per heavy atom. The molecular weight excluding hydrogens is 445 g/mol. The third-order valence-corrected chi connectivity index (χ3v) is 5.34. The van der Waals surface area contributed by atoms with E-state index >= 15 is 0 Å². The molecule has 0 bridgehead atoms. The van der Waals surface area contributed by atoms with Gasteiger partial charge in [0.1, 0.15) is 24.2 Å². The fourth-order valence-corrected chi connectivity index (χ4v) is 3.74. The van der Waals surface area contributed by atoms with Crippen molar-refractivity contribution in [3.63, 3.8) is 0 Å². The first-order valence-electron chi connectivity index (χ1n) is 10.1. The van der Waals surface area contributed by atoms with E-state index in [0.717, 1.165) is 23.3 Å². The number of alkyl halides is 2. The predicted molar refractivity (Wildman–Crippen MR) is 120 cm³/mol. The van der Waals surface area contributed by atoms with Gasteiger partial charge in [0, 0.05) is 17.6 Å². The van der Waals surface area contributed by atoms with E-state index in [1.165, 1.54) is 6.07 Å². The minimum atomic E-state index is -2.57. The number of benzene rings is 2. The summed E-state index contributed by atoms with van der Waals surface area (Å²) in [5, 5.41) is 5.95. The van der Waals surface area contributed by atoms with E-state index < -0.39 is 30.3 Å². The lowest BCUT2D eigenvalue weighted by Gasteiger charge is -2.27. The number of hydrogen-bond donors (Lipinski definition) is 2. The maximum Gasteiger partial charge on any atom is 0.261 e. The highest BCUT2D eigenvalue weighted by Gasteiger charge is 2.28. The molecule has 1 aliphatic heterocycles. The Morgan fingerprint density at radius 2 is 2.00 bits per heavy atom. The second-order valence-electron chi connectivity index (χ2n) is 8.18. The van der Waals surface area contributed by atoms with Crippen LogP contribution < -0.4 is 15.4 Å². The van der Waals surface area contributed by atoms with Crippen LogP contribution in [0.5, 0.6) is 5.75 Å². The van der Waals surface area contributed by atoms with Crippen molar-refractivity contribution in [2.24, 2.45) is 0 Å². The van der Waals surface area contributed by atoms with E-state index in [9.17, 15) is 18.0 Å². The van der Waals surface area contributed by atoms with Crippen LogP contribution in [0.2, 0.25) is 0 Å². The number of carbonyl (C=O) groups excluding carboxylic acids is 1. The van der Waals surface area contributed by atoms with E-state index in [2.05, 4.69) is 10.6 Å². The number of carbonyl (C=O) groups is 1. The number of nitrogens with one attached hydrogen (secondary N) is 2. The summed E-state index contributed by atoms with van der Waals surface area (Å²) in [5.74, 6) is -0.0967. The number of fused-ring (bicyclic) bond motifs is 1. The summed E-state index contributed by atoms with van der Waals surface area (Å²) < 4.78 is 49.6. The molecule has 1 aliphatic rings. The average molecular weight is 473 g/mol. The van der Waals surface area contributed by atoms with Crippen molar-refractivity contribution in [3.8, 4) is 5.75 Å². The standard InChI is InChI=1S/C23H27F3N2O3.ClH/c1-23(2,13-31-12-20(25)26)18-7-4-15(11-19(18)24)28-22(29)21-17-6-5-16(30-3)10-14(17)8-9-27-21;/h4-7,10-11,20-21,27H,8-9,12-13H2,1-3H3,(H,28,29);1H/t21-;/m1./s1. The molecule has 2 N–H and O–H groups in total. The van der Waals surface area contributed by atoms with Crippen molar-refractivity contribution in [2.75, 3.05) is 32.2 Å². The lowest BCUT2D eigenvalue weighted by Crippen LogP contribution is -2.38. The molecule has 0 saturated heterocycles. The summed E-state index contributed by atoms with van der Waals surface area (Å²) in [4.78, 5) is 12.9. The Morgan fingerprint density at radius 1 is 1.25 bits per heavy atom. The van der Waals surface area contributed by atoms with Crippen LogP contribution in [0, 0.1) is 5.82 Å². The first-order valence-corrected chi connectivity index (χ1v) is 10.1. The van der Waals surface area contributed by atoms with Gasteiger partial charge in [0.25, 0.3) is 6.43 Å². The molecule has 32 heavy (non-hydrogen) atoms. The summed E-state index contributed by atoms with van der Waals surface area (Å²) in [6.07, 6.45) is -1.79. The van der Waals surface area contributed by atoms with E-state index in [4.69, 9.17) is 9.47 Å². The van der Waals surface area contributed by atoms with Gasteiger partial charge < -0.3 is 20.1 Å². The average Bonchev–Trinajstić information content (AvgIpc) is 2.72. The van der Waals surface area contributed by atoms with Gasteiger partial charge in [0.15, 0.2) is 0 Å². The smallest absolute Gasteiger partial charge is 0.261 e. The lowest BCUT2D eigenvalue weighted by atomic mass is 9.85. The van der Waals surface area contributed by atoms with Crippen molar-refractivity contribution in [3.05, 3.63) is 58.9 Å². The summed E-state index contributed by atoms with van der Waals surface area (Å²) >= 11 is 0. The predicted octanol–water partition coefficient (Wildman–Crippen LogP) is 4.64. The second kappa shape index (κ2) is 11.0. The molecule has 0 unspecified atom stereocenters. The molecule has 1 atom stereocenters. The third kappa shape index (κ3) is 6.15. The van der Waals surface area contributed by atoms with Crippen molar-refractivity contribution in [2.45, 2.75) is 38.2 Å². The van der Waals surface area contributed by atoms with Crippen molar-refractivity contribution in [1.82, 2.24) is 5.32 Å². The molecule has 5 nitrogen and oxygen atoms in total. The highest BCUT2D eigenvalue weighted by Crippen LogP contribution is 2.30. The van der Waals surface area contributed by atoms with Gasteiger partial charge in [-0.3, -0.25) is 4.79 Å². The fraction of sp³-hybridized carbons (Fsp3) is 0.435. The Balaban J connectivity index is 0.00000363. The van der Waals surface area contributed by atoms with Gasteiger partial charge in [-0.1, -0.05) is 26.0 Å². The molecule has 176 valence electrons. The number of rotatable bonds is 8. The van der Waals surface area contributed by atoms with E-state index in [1.807, 2.05) is 12.1 Å². The number of amides is 1. The SMILES string of the molecule is COc1ccc2c(c1)CCN[C@H]2C(=O)Nc1ccc(C(C)(C)COCC(F)F)c(F)c1.Cl. The zero-order valence-corrected chi connectivity index (χ0v) is 19.0. The molecule has 0 aliphatic carbocycles. The van der Waals surface area contributed by atoms with Crippen LogP contribution in [0.1, 0.15) is 36.6 Å². The van der Waals surface area contributed by atoms with Gasteiger partial charge in [-0.15, -0.1) is 12.4 Å². The maximum absolute atomic E-state index is 14.8. The van der Waals surface area contributed by atoms with Crippen molar-refractivity contribution >= 4 is 24.0 Å². The monoisotopic (exact) mass is 472 g/mol. The maximum atomic E-state index is 14.8. The van der Waals surface area contributed by atoms with Gasteiger partial charge in [-0.2, -0.15) is 0 Å². The highest BCUT2D eigenvalue weighted by atomic mass is 35.5. The van der Waals surface area contributed by atoms with Crippen LogP contribution in [-0.2, 0) is 21.4 Å². The third-order valence-electron chi connectivity index (χ3n) is 5.34. The van der Waals surface area contributed by atoms with Gasteiger partial charge in [0.2, 0.25) is 5.91 Å².